The lowest BCUT2D eigenvalue weighted by Crippen LogP contribution is -2.12. The zero-order valence-electron chi connectivity index (χ0n) is 18.0. The number of esters is 2. The summed E-state index contributed by atoms with van der Waals surface area (Å²) in [6.45, 7) is 14.3. The minimum Gasteiger partial charge on any atom is -0.463 e. The van der Waals surface area contributed by atoms with Gasteiger partial charge in [0.1, 0.15) is 0 Å². The third-order valence-corrected chi connectivity index (χ3v) is 4.33. The topological polar surface area (TPSA) is 52.6 Å². The molecule has 0 bridgehead atoms. The first-order valence-corrected chi connectivity index (χ1v) is 10.6. The Labute approximate surface area is 167 Å². The fraction of sp³-hybridized carbons (Fsp3) is 0.739. The van der Waals surface area contributed by atoms with Crippen molar-refractivity contribution in [3.8, 4) is 0 Å². The van der Waals surface area contributed by atoms with Crippen LogP contribution in [-0.4, -0.2) is 25.2 Å². The average Bonchev–Trinajstić information content (AvgIpc) is 2.70. The Morgan fingerprint density at radius 2 is 1.30 bits per heavy atom. The number of carbonyl (C=O) groups is 2. The van der Waals surface area contributed by atoms with Crippen molar-refractivity contribution >= 4 is 11.9 Å². The van der Waals surface area contributed by atoms with Crippen molar-refractivity contribution < 1.29 is 19.1 Å². The normalized spacial score (nSPS) is 10.9. The minimum absolute atomic E-state index is 0.309. The molecule has 0 aliphatic heterocycles. The zero-order chi connectivity index (χ0) is 20.8. The van der Waals surface area contributed by atoms with Crippen molar-refractivity contribution in [3.63, 3.8) is 0 Å². The molecule has 0 N–H and O–H groups in total. The lowest BCUT2D eigenvalue weighted by molar-refractivity contribution is -0.139. The molecule has 4 nitrogen and oxygen atoms in total. The second-order valence-electron chi connectivity index (χ2n) is 6.74. The summed E-state index contributed by atoms with van der Waals surface area (Å²) in [5.74, 6) is -0.102. The summed E-state index contributed by atoms with van der Waals surface area (Å²) < 4.78 is 9.85. The molecule has 0 saturated carbocycles. The molecule has 0 aromatic rings. The number of hydrogen-bond acceptors (Lipinski definition) is 4. The Balaban J connectivity index is 0. The van der Waals surface area contributed by atoms with Gasteiger partial charge in [-0.05, 0) is 18.8 Å². The van der Waals surface area contributed by atoms with E-state index in [0.29, 0.717) is 19.1 Å². The first-order valence-electron chi connectivity index (χ1n) is 10.6. The third kappa shape index (κ3) is 22.4. The van der Waals surface area contributed by atoms with Crippen LogP contribution in [0.15, 0.2) is 25.3 Å². The summed E-state index contributed by atoms with van der Waals surface area (Å²) in [4.78, 5) is 21.4. The fourth-order valence-corrected chi connectivity index (χ4v) is 2.45. The highest BCUT2D eigenvalue weighted by molar-refractivity contribution is 5.81. The second-order valence-corrected chi connectivity index (χ2v) is 6.74. The van der Waals surface area contributed by atoms with Crippen molar-refractivity contribution in [2.45, 2.75) is 91.4 Å². The van der Waals surface area contributed by atoms with Crippen molar-refractivity contribution in [3.05, 3.63) is 25.3 Å². The summed E-state index contributed by atoms with van der Waals surface area (Å²) in [7, 11) is 0. The van der Waals surface area contributed by atoms with E-state index >= 15 is 0 Å². The number of unbranched alkanes of at least 4 members (excludes halogenated alkanes) is 7. The Kier molecular flexibility index (Phi) is 23.0. The summed E-state index contributed by atoms with van der Waals surface area (Å²) in [6, 6.07) is 0. The first-order chi connectivity index (χ1) is 13.0. The molecular formula is C23H42O4. The van der Waals surface area contributed by atoms with E-state index in [4.69, 9.17) is 9.47 Å². The predicted octanol–water partition coefficient (Wildman–Crippen LogP) is 6.40. The molecule has 0 aromatic carbocycles. The van der Waals surface area contributed by atoms with Gasteiger partial charge in [-0.3, -0.25) is 0 Å². The standard InChI is InChI=1S/C12H22O2.C11H20O2/c1-3-5-6-7-8-9-10-11-14-12(13)4-2;1-4-7-8-10(5-2)9-13-11(12)6-3/h4H,2-3,5-11H2,1H3;6,10H,3-5,7-9H2,1-2H3. The minimum atomic E-state index is -0.310. The number of ether oxygens (including phenoxy) is 2. The maximum absolute atomic E-state index is 10.8. The van der Waals surface area contributed by atoms with E-state index in [0.717, 1.165) is 25.7 Å². The van der Waals surface area contributed by atoms with Gasteiger partial charge in [0.25, 0.3) is 0 Å². The quantitative estimate of drug-likeness (QED) is 0.176. The second kappa shape index (κ2) is 22.5. The van der Waals surface area contributed by atoms with Gasteiger partial charge in [-0.1, -0.05) is 91.7 Å². The summed E-state index contributed by atoms with van der Waals surface area (Å²) >= 11 is 0. The van der Waals surface area contributed by atoms with Crippen LogP contribution in [0.2, 0.25) is 0 Å². The molecule has 0 aromatic heterocycles. The predicted molar refractivity (Wildman–Crippen MR) is 114 cm³/mol. The van der Waals surface area contributed by atoms with Gasteiger partial charge in [-0.25, -0.2) is 9.59 Å². The van der Waals surface area contributed by atoms with Crippen LogP contribution in [0, 0.1) is 5.92 Å². The highest BCUT2D eigenvalue weighted by Crippen LogP contribution is 2.12. The van der Waals surface area contributed by atoms with Gasteiger partial charge in [0.2, 0.25) is 0 Å². The van der Waals surface area contributed by atoms with E-state index in [9.17, 15) is 9.59 Å². The van der Waals surface area contributed by atoms with Crippen molar-refractivity contribution in [2.24, 2.45) is 5.92 Å². The first kappa shape index (κ1) is 27.6. The Bertz CT molecular complexity index is 377. The number of rotatable bonds is 16. The molecule has 27 heavy (non-hydrogen) atoms. The highest BCUT2D eigenvalue weighted by Gasteiger charge is 2.07. The monoisotopic (exact) mass is 382 g/mol. The van der Waals surface area contributed by atoms with E-state index < -0.39 is 0 Å². The van der Waals surface area contributed by atoms with Gasteiger partial charge >= 0.3 is 11.9 Å². The molecular weight excluding hydrogens is 340 g/mol. The number of hydrogen-bond donors (Lipinski definition) is 0. The molecule has 4 heteroatoms. The van der Waals surface area contributed by atoms with E-state index in [1.54, 1.807) is 0 Å². The average molecular weight is 383 g/mol. The molecule has 0 rings (SSSR count). The van der Waals surface area contributed by atoms with Crippen LogP contribution in [0.3, 0.4) is 0 Å². The lowest BCUT2D eigenvalue weighted by Gasteiger charge is -2.13. The van der Waals surface area contributed by atoms with E-state index in [1.807, 2.05) is 0 Å². The molecule has 0 fully saturated rings. The molecule has 0 amide bonds. The Hall–Kier alpha value is -1.58. The maximum atomic E-state index is 10.8. The summed E-state index contributed by atoms with van der Waals surface area (Å²) in [5, 5.41) is 0. The lowest BCUT2D eigenvalue weighted by atomic mass is 10.0. The van der Waals surface area contributed by atoms with Crippen LogP contribution in [0.4, 0.5) is 0 Å². The van der Waals surface area contributed by atoms with E-state index in [-0.39, 0.29) is 11.9 Å². The van der Waals surface area contributed by atoms with Crippen LogP contribution >= 0.6 is 0 Å². The number of carbonyl (C=O) groups excluding carboxylic acids is 2. The fourth-order valence-electron chi connectivity index (χ4n) is 2.45. The molecule has 0 aliphatic rings. The van der Waals surface area contributed by atoms with Gasteiger partial charge in [0.05, 0.1) is 13.2 Å². The van der Waals surface area contributed by atoms with Crippen molar-refractivity contribution in [1.82, 2.24) is 0 Å². The maximum Gasteiger partial charge on any atom is 0.330 e. The van der Waals surface area contributed by atoms with Crippen LogP contribution in [0.5, 0.6) is 0 Å². The van der Waals surface area contributed by atoms with Gasteiger partial charge < -0.3 is 9.47 Å². The van der Waals surface area contributed by atoms with Gasteiger partial charge in [0, 0.05) is 12.2 Å². The van der Waals surface area contributed by atoms with Crippen LogP contribution in [0.1, 0.15) is 91.4 Å². The highest BCUT2D eigenvalue weighted by atomic mass is 16.5. The molecule has 0 aliphatic carbocycles. The molecule has 1 unspecified atom stereocenters. The smallest absolute Gasteiger partial charge is 0.330 e. The van der Waals surface area contributed by atoms with Crippen LogP contribution in [-0.2, 0) is 19.1 Å². The molecule has 0 heterocycles. The van der Waals surface area contributed by atoms with Crippen LogP contribution in [0.25, 0.3) is 0 Å². The van der Waals surface area contributed by atoms with E-state index in [2.05, 4.69) is 33.9 Å². The van der Waals surface area contributed by atoms with E-state index in [1.165, 1.54) is 57.1 Å². The molecule has 0 saturated heterocycles. The SMILES string of the molecule is C=CC(=O)OCC(CC)CCCC.C=CC(=O)OCCCCCCCCC. The Morgan fingerprint density at radius 1 is 0.778 bits per heavy atom. The van der Waals surface area contributed by atoms with Gasteiger partial charge in [0.15, 0.2) is 0 Å². The van der Waals surface area contributed by atoms with Crippen LogP contribution < -0.4 is 0 Å². The largest absolute Gasteiger partial charge is 0.463 e. The summed E-state index contributed by atoms with van der Waals surface area (Å²) in [5.41, 5.74) is 0. The summed E-state index contributed by atoms with van der Waals surface area (Å²) in [6.07, 6.45) is 15.7. The Morgan fingerprint density at radius 3 is 1.81 bits per heavy atom. The zero-order valence-corrected chi connectivity index (χ0v) is 18.0. The van der Waals surface area contributed by atoms with Gasteiger partial charge in [-0.2, -0.15) is 0 Å². The van der Waals surface area contributed by atoms with Gasteiger partial charge in [-0.15, -0.1) is 0 Å². The van der Waals surface area contributed by atoms with Crippen molar-refractivity contribution in [1.29, 1.82) is 0 Å². The van der Waals surface area contributed by atoms with Crippen molar-refractivity contribution in [2.75, 3.05) is 13.2 Å². The molecule has 0 spiro atoms. The third-order valence-electron chi connectivity index (χ3n) is 4.33. The molecule has 1 atom stereocenters. The molecule has 0 radical (unpaired) electrons. The molecule has 158 valence electrons.